The number of hydrogen-bond donors (Lipinski definition) is 1. The number of nitrogen functional groups attached to an aromatic ring is 1. The van der Waals surface area contributed by atoms with Crippen LogP contribution in [0, 0.1) is 11.3 Å². The molecule has 0 spiro atoms. The Morgan fingerprint density at radius 3 is 2.85 bits per heavy atom. The molecular formula is C16H18N4. The van der Waals surface area contributed by atoms with Crippen LogP contribution in [0.1, 0.15) is 11.3 Å². The molecule has 0 radical (unpaired) electrons. The molecule has 4 heteroatoms. The highest BCUT2D eigenvalue weighted by Crippen LogP contribution is 2.21. The fourth-order valence-corrected chi connectivity index (χ4v) is 2.03. The van der Waals surface area contributed by atoms with Gasteiger partial charge in [-0.25, -0.2) is 0 Å². The molecule has 4 nitrogen and oxygen atoms in total. The van der Waals surface area contributed by atoms with Crippen molar-refractivity contribution >= 4 is 11.4 Å². The van der Waals surface area contributed by atoms with Gasteiger partial charge < -0.3 is 10.6 Å². The Hall–Kier alpha value is -2.54. The number of likely N-dealkylation sites (N-methyl/N-ethyl adjacent to an activating group) is 1. The Bertz CT molecular complexity index is 602. The van der Waals surface area contributed by atoms with Crippen LogP contribution in [0.4, 0.5) is 11.4 Å². The number of nitrogens with two attached hydrogens (primary N) is 1. The molecular weight excluding hydrogens is 248 g/mol. The van der Waals surface area contributed by atoms with Crippen LogP contribution in [-0.4, -0.2) is 18.6 Å². The molecule has 0 aliphatic rings. The minimum atomic E-state index is 0.341. The molecule has 0 aliphatic heterocycles. The van der Waals surface area contributed by atoms with Crippen LogP contribution >= 0.6 is 0 Å². The number of anilines is 2. The summed E-state index contributed by atoms with van der Waals surface area (Å²) in [7, 11) is 2.03. The van der Waals surface area contributed by atoms with Gasteiger partial charge in [-0.15, -0.1) is 0 Å². The number of hydrogen-bond acceptors (Lipinski definition) is 4. The van der Waals surface area contributed by atoms with E-state index in [1.165, 1.54) is 0 Å². The molecule has 1 heterocycles. The lowest BCUT2D eigenvalue weighted by Crippen LogP contribution is -2.20. The first-order valence-corrected chi connectivity index (χ1v) is 6.57. The first-order chi connectivity index (χ1) is 9.70. The number of benzene rings is 1. The lowest BCUT2D eigenvalue weighted by molar-refractivity contribution is 0.852. The van der Waals surface area contributed by atoms with Crippen molar-refractivity contribution in [3.63, 3.8) is 0 Å². The third kappa shape index (κ3) is 3.48. The van der Waals surface area contributed by atoms with Crippen molar-refractivity contribution in [1.82, 2.24) is 4.98 Å². The Kier molecular flexibility index (Phi) is 4.56. The molecule has 102 valence electrons. The normalized spacial score (nSPS) is 10.0. The molecule has 2 N–H and O–H groups in total. The van der Waals surface area contributed by atoms with Crippen LogP contribution < -0.4 is 10.6 Å². The van der Waals surface area contributed by atoms with Gasteiger partial charge in [0.2, 0.25) is 0 Å². The summed E-state index contributed by atoms with van der Waals surface area (Å²) in [5.74, 6) is 0. The van der Waals surface area contributed by atoms with Gasteiger partial charge in [-0.05, 0) is 35.9 Å². The standard InChI is InChI=1S/C16H18N4/c1-20(11-8-14-4-2-3-10-19-14)15-5-6-16(18)13(12-15)7-9-17/h2-6,10,12H,7-8,11,18H2,1H3. The van der Waals surface area contributed by atoms with Crippen LogP contribution in [0.25, 0.3) is 0 Å². The monoisotopic (exact) mass is 266 g/mol. The molecule has 1 aromatic heterocycles. The van der Waals surface area contributed by atoms with E-state index in [0.29, 0.717) is 12.1 Å². The van der Waals surface area contributed by atoms with E-state index in [1.807, 2.05) is 49.6 Å². The van der Waals surface area contributed by atoms with Gasteiger partial charge in [-0.3, -0.25) is 4.98 Å². The van der Waals surface area contributed by atoms with Gasteiger partial charge in [0.25, 0.3) is 0 Å². The average Bonchev–Trinajstić information content (AvgIpc) is 2.48. The van der Waals surface area contributed by atoms with E-state index in [1.54, 1.807) is 0 Å². The lowest BCUT2D eigenvalue weighted by atomic mass is 10.1. The summed E-state index contributed by atoms with van der Waals surface area (Å²) in [6.07, 6.45) is 3.03. The molecule has 0 amide bonds. The van der Waals surface area contributed by atoms with Crippen LogP contribution in [0.15, 0.2) is 42.6 Å². The second kappa shape index (κ2) is 6.58. The Labute approximate surface area is 119 Å². The fraction of sp³-hybridized carbons (Fsp3) is 0.250. The number of nitriles is 1. The maximum atomic E-state index is 8.80. The van der Waals surface area contributed by atoms with Gasteiger partial charge >= 0.3 is 0 Å². The Morgan fingerprint density at radius 2 is 2.15 bits per heavy atom. The summed E-state index contributed by atoms with van der Waals surface area (Å²) in [4.78, 5) is 6.46. The Morgan fingerprint density at radius 1 is 1.30 bits per heavy atom. The number of pyridine rings is 1. The van der Waals surface area contributed by atoms with Gasteiger partial charge in [0, 0.05) is 43.3 Å². The summed E-state index contributed by atoms with van der Waals surface area (Å²) in [5.41, 5.74) is 9.57. The fourth-order valence-electron chi connectivity index (χ4n) is 2.03. The molecule has 20 heavy (non-hydrogen) atoms. The highest BCUT2D eigenvalue weighted by Gasteiger charge is 2.05. The average molecular weight is 266 g/mol. The third-order valence-electron chi connectivity index (χ3n) is 3.27. The predicted octanol–water partition coefficient (Wildman–Crippen LogP) is 2.41. The van der Waals surface area contributed by atoms with Gasteiger partial charge in [0.05, 0.1) is 12.5 Å². The molecule has 0 fully saturated rings. The van der Waals surface area contributed by atoms with Crippen molar-refractivity contribution in [2.45, 2.75) is 12.8 Å². The molecule has 0 bridgehead atoms. The minimum absolute atomic E-state index is 0.341. The van der Waals surface area contributed by atoms with Gasteiger partial charge in [0.1, 0.15) is 0 Å². The van der Waals surface area contributed by atoms with E-state index in [9.17, 15) is 0 Å². The molecule has 0 saturated heterocycles. The highest BCUT2D eigenvalue weighted by molar-refractivity contribution is 5.59. The van der Waals surface area contributed by atoms with Crippen molar-refractivity contribution < 1.29 is 0 Å². The van der Waals surface area contributed by atoms with E-state index >= 15 is 0 Å². The van der Waals surface area contributed by atoms with E-state index in [2.05, 4.69) is 16.0 Å². The highest BCUT2D eigenvalue weighted by atomic mass is 15.1. The number of nitrogens with zero attached hydrogens (tertiary/aromatic N) is 3. The van der Waals surface area contributed by atoms with E-state index in [4.69, 9.17) is 11.0 Å². The first-order valence-electron chi connectivity index (χ1n) is 6.57. The zero-order valence-corrected chi connectivity index (χ0v) is 11.6. The van der Waals surface area contributed by atoms with Crippen molar-refractivity contribution in [3.05, 3.63) is 53.9 Å². The molecule has 1 aromatic carbocycles. The first kappa shape index (κ1) is 13.9. The SMILES string of the molecule is CN(CCc1ccccn1)c1ccc(N)c(CC#N)c1. The summed E-state index contributed by atoms with van der Waals surface area (Å²) >= 11 is 0. The zero-order chi connectivity index (χ0) is 14.4. The molecule has 0 saturated carbocycles. The van der Waals surface area contributed by atoms with Crippen LogP contribution in [0.2, 0.25) is 0 Å². The Balaban J connectivity index is 2.04. The van der Waals surface area contributed by atoms with Gasteiger partial charge in [-0.1, -0.05) is 6.07 Å². The van der Waals surface area contributed by atoms with Gasteiger partial charge in [-0.2, -0.15) is 5.26 Å². The molecule has 2 aromatic rings. The molecule has 0 aliphatic carbocycles. The second-order valence-corrected chi connectivity index (χ2v) is 4.71. The molecule has 2 rings (SSSR count). The lowest BCUT2D eigenvalue weighted by Gasteiger charge is -2.20. The van der Waals surface area contributed by atoms with E-state index in [0.717, 1.165) is 29.9 Å². The third-order valence-corrected chi connectivity index (χ3v) is 3.27. The van der Waals surface area contributed by atoms with Crippen molar-refractivity contribution in [3.8, 4) is 6.07 Å². The maximum absolute atomic E-state index is 8.80. The van der Waals surface area contributed by atoms with Crippen molar-refractivity contribution in [2.75, 3.05) is 24.2 Å². The van der Waals surface area contributed by atoms with E-state index in [-0.39, 0.29) is 0 Å². The van der Waals surface area contributed by atoms with Crippen LogP contribution in [-0.2, 0) is 12.8 Å². The molecule has 0 unspecified atom stereocenters. The van der Waals surface area contributed by atoms with Crippen molar-refractivity contribution in [2.24, 2.45) is 0 Å². The smallest absolute Gasteiger partial charge is 0.0670 e. The predicted molar refractivity (Wildman–Crippen MR) is 81.4 cm³/mol. The zero-order valence-electron chi connectivity index (χ0n) is 11.6. The quantitative estimate of drug-likeness (QED) is 0.844. The van der Waals surface area contributed by atoms with E-state index < -0.39 is 0 Å². The topological polar surface area (TPSA) is 65.9 Å². The summed E-state index contributed by atoms with van der Waals surface area (Å²) in [6.45, 7) is 0.868. The summed E-state index contributed by atoms with van der Waals surface area (Å²) in [5, 5.41) is 8.80. The minimum Gasteiger partial charge on any atom is -0.398 e. The second-order valence-electron chi connectivity index (χ2n) is 4.71. The summed E-state index contributed by atoms with van der Waals surface area (Å²) < 4.78 is 0. The maximum Gasteiger partial charge on any atom is 0.0670 e. The van der Waals surface area contributed by atoms with Crippen LogP contribution in [0.5, 0.6) is 0 Å². The molecule has 0 atom stereocenters. The van der Waals surface area contributed by atoms with Gasteiger partial charge in [0.15, 0.2) is 0 Å². The summed E-state index contributed by atoms with van der Waals surface area (Å²) in [6, 6.07) is 13.9. The van der Waals surface area contributed by atoms with Crippen LogP contribution in [0.3, 0.4) is 0 Å². The largest absolute Gasteiger partial charge is 0.398 e. The van der Waals surface area contributed by atoms with Crippen molar-refractivity contribution in [1.29, 1.82) is 5.26 Å². The number of aromatic nitrogens is 1. The number of rotatable bonds is 5.